The Labute approximate surface area is 106 Å². The first kappa shape index (κ1) is 13.3. The smallest absolute Gasteiger partial charge is 0.0614 e. The molecule has 2 N–H and O–H groups in total. The van der Waals surface area contributed by atoms with Gasteiger partial charge in [-0.3, -0.25) is 0 Å². The topological polar surface area (TPSA) is 35.5 Å². The van der Waals surface area contributed by atoms with Crippen LogP contribution in [0.4, 0.5) is 0 Å². The van der Waals surface area contributed by atoms with Crippen LogP contribution in [-0.2, 0) is 0 Å². The Morgan fingerprint density at radius 1 is 1.24 bits per heavy atom. The van der Waals surface area contributed by atoms with Gasteiger partial charge in [-0.25, -0.2) is 0 Å². The predicted octanol–water partition coefficient (Wildman–Crippen LogP) is 1.76. The first-order chi connectivity index (χ1) is 8.28. The molecule has 0 radical (unpaired) electrons. The molecule has 0 aromatic heterocycles. The van der Waals surface area contributed by atoms with Crippen molar-refractivity contribution in [2.75, 3.05) is 26.2 Å². The summed E-state index contributed by atoms with van der Waals surface area (Å²) in [5.41, 5.74) is 0.0270. The summed E-state index contributed by atoms with van der Waals surface area (Å²) in [6.07, 6.45) is 8.80. The standard InChI is InChI=1S/C14H28N2O/c1-2-9-16-10-7-14(12-17,8-11-16)15-13-5-3-4-6-13/h13,15,17H,2-12H2,1H3. The van der Waals surface area contributed by atoms with Crippen LogP contribution in [0.15, 0.2) is 0 Å². The van der Waals surface area contributed by atoms with Crippen molar-refractivity contribution < 1.29 is 5.11 Å². The summed E-state index contributed by atoms with van der Waals surface area (Å²) in [4.78, 5) is 2.53. The molecule has 0 bridgehead atoms. The molecule has 100 valence electrons. The first-order valence-electron chi connectivity index (χ1n) is 7.39. The number of hydrogen-bond acceptors (Lipinski definition) is 3. The lowest BCUT2D eigenvalue weighted by molar-refractivity contribution is 0.0700. The van der Waals surface area contributed by atoms with Gasteiger partial charge >= 0.3 is 0 Å². The zero-order valence-corrected chi connectivity index (χ0v) is 11.2. The monoisotopic (exact) mass is 240 g/mol. The van der Waals surface area contributed by atoms with E-state index >= 15 is 0 Å². The van der Waals surface area contributed by atoms with Gasteiger partial charge in [0.15, 0.2) is 0 Å². The number of aliphatic hydroxyl groups is 1. The Kier molecular flexibility index (Phi) is 4.83. The number of piperidine rings is 1. The van der Waals surface area contributed by atoms with Crippen LogP contribution < -0.4 is 5.32 Å². The van der Waals surface area contributed by atoms with Gasteiger partial charge < -0.3 is 15.3 Å². The highest BCUT2D eigenvalue weighted by Crippen LogP contribution is 2.27. The highest BCUT2D eigenvalue weighted by molar-refractivity contribution is 4.95. The second kappa shape index (κ2) is 6.17. The van der Waals surface area contributed by atoms with Crippen molar-refractivity contribution in [2.24, 2.45) is 0 Å². The second-order valence-electron chi connectivity index (χ2n) is 5.91. The van der Waals surface area contributed by atoms with Gasteiger partial charge in [-0.2, -0.15) is 0 Å². The Hall–Kier alpha value is -0.120. The lowest BCUT2D eigenvalue weighted by Crippen LogP contribution is -2.58. The van der Waals surface area contributed by atoms with Crippen molar-refractivity contribution >= 4 is 0 Å². The van der Waals surface area contributed by atoms with Crippen molar-refractivity contribution in [3.63, 3.8) is 0 Å². The van der Waals surface area contributed by atoms with E-state index in [0.29, 0.717) is 12.6 Å². The van der Waals surface area contributed by atoms with E-state index < -0.39 is 0 Å². The zero-order chi connectivity index (χ0) is 12.1. The molecular weight excluding hydrogens is 212 g/mol. The van der Waals surface area contributed by atoms with E-state index in [2.05, 4.69) is 17.1 Å². The van der Waals surface area contributed by atoms with Crippen LogP contribution in [0.1, 0.15) is 51.9 Å². The van der Waals surface area contributed by atoms with Crippen LogP contribution in [0.2, 0.25) is 0 Å². The number of likely N-dealkylation sites (tertiary alicyclic amines) is 1. The van der Waals surface area contributed by atoms with Crippen molar-refractivity contribution in [3.05, 3.63) is 0 Å². The minimum absolute atomic E-state index is 0.0270. The molecule has 1 heterocycles. The van der Waals surface area contributed by atoms with Gasteiger partial charge in [0.1, 0.15) is 0 Å². The number of hydrogen-bond donors (Lipinski definition) is 2. The van der Waals surface area contributed by atoms with Crippen LogP contribution in [0, 0.1) is 0 Å². The van der Waals surface area contributed by atoms with Gasteiger partial charge in [0, 0.05) is 11.6 Å². The molecule has 2 fully saturated rings. The van der Waals surface area contributed by atoms with E-state index in [1.165, 1.54) is 38.6 Å². The number of nitrogens with zero attached hydrogens (tertiary/aromatic N) is 1. The van der Waals surface area contributed by atoms with Gasteiger partial charge in [0.25, 0.3) is 0 Å². The van der Waals surface area contributed by atoms with Crippen LogP contribution in [0.5, 0.6) is 0 Å². The van der Waals surface area contributed by atoms with E-state index in [-0.39, 0.29) is 5.54 Å². The molecule has 1 saturated heterocycles. The molecule has 1 aliphatic carbocycles. The minimum Gasteiger partial charge on any atom is -0.394 e. The summed E-state index contributed by atoms with van der Waals surface area (Å²) in [5, 5.41) is 13.5. The predicted molar refractivity (Wildman–Crippen MR) is 71.2 cm³/mol. The lowest BCUT2D eigenvalue weighted by atomic mass is 9.87. The number of rotatable bonds is 5. The molecule has 3 nitrogen and oxygen atoms in total. The Morgan fingerprint density at radius 2 is 1.88 bits per heavy atom. The summed E-state index contributed by atoms with van der Waals surface area (Å²) in [5.74, 6) is 0. The Morgan fingerprint density at radius 3 is 2.41 bits per heavy atom. The van der Waals surface area contributed by atoms with E-state index in [1.807, 2.05) is 0 Å². The molecule has 17 heavy (non-hydrogen) atoms. The molecule has 0 aromatic carbocycles. The van der Waals surface area contributed by atoms with E-state index in [9.17, 15) is 5.11 Å². The van der Waals surface area contributed by atoms with Crippen molar-refractivity contribution in [3.8, 4) is 0 Å². The van der Waals surface area contributed by atoms with Crippen LogP contribution >= 0.6 is 0 Å². The molecule has 0 unspecified atom stereocenters. The van der Waals surface area contributed by atoms with E-state index in [0.717, 1.165) is 25.9 Å². The molecule has 2 rings (SSSR count). The maximum Gasteiger partial charge on any atom is 0.0614 e. The molecule has 0 amide bonds. The largest absolute Gasteiger partial charge is 0.394 e. The van der Waals surface area contributed by atoms with Gasteiger partial charge in [0.05, 0.1) is 6.61 Å². The average molecular weight is 240 g/mol. The molecule has 2 aliphatic rings. The third-order valence-electron chi connectivity index (χ3n) is 4.52. The third kappa shape index (κ3) is 3.43. The maximum absolute atomic E-state index is 9.74. The quantitative estimate of drug-likeness (QED) is 0.768. The fourth-order valence-electron chi connectivity index (χ4n) is 3.37. The summed E-state index contributed by atoms with van der Waals surface area (Å²) < 4.78 is 0. The van der Waals surface area contributed by atoms with Gasteiger partial charge in [0.2, 0.25) is 0 Å². The number of nitrogens with one attached hydrogen (secondary N) is 1. The average Bonchev–Trinajstić information content (AvgIpc) is 2.85. The number of aliphatic hydroxyl groups excluding tert-OH is 1. The Bertz CT molecular complexity index is 218. The fraction of sp³-hybridized carbons (Fsp3) is 1.00. The summed E-state index contributed by atoms with van der Waals surface area (Å²) in [6, 6.07) is 0.667. The first-order valence-corrected chi connectivity index (χ1v) is 7.39. The maximum atomic E-state index is 9.74. The van der Waals surface area contributed by atoms with Gasteiger partial charge in [-0.1, -0.05) is 19.8 Å². The SMILES string of the molecule is CCCN1CCC(CO)(NC2CCCC2)CC1. The van der Waals surface area contributed by atoms with Crippen molar-refractivity contribution in [2.45, 2.75) is 63.5 Å². The molecule has 0 spiro atoms. The second-order valence-corrected chi connectivity index (χ2v) is 5.91. The Balaban J connectivity index is 1.83. The van der Waals surface area contributed by atoms with Gasteiger partial charge in [-0.15, -0.1) is 0 Å². The van der Waals surface area contributed by atoms with Crippen LogP contribution in [-0.4, -0.2) is 47.8 Å². The zero-order valence-electron chi connectivity index (χ0n) is 11.2. The minimum atomic E-state index is 0.0270. The van der Waals surface area contributed by atoms with Crippen LogP contribution in [0.25, 0.3) is 0 Å². The van der Waals surface area contributed by atoms with E-state index in [1.54, 1.807) is 0 Å². The molecule has 0 atom stereocenters. The van der Waals surface area contributed by atoms with Crippen LogP contribution in [0.3, 0.4) is 0 Å². The molecule has 3 heteroatoms. The summed E-state index contributed by atoms with van der Waals surface area (Å²) in [6.45, 7) is 6.06. The highest BCUT2D eigenvalue weighted by atomic mass is 16.3. The molecule has 1 aliphatic heterocycles. The highest BCUT2D eigenvalue weighted by Gasteiger charge is 2.35. The summed E-state index contributed by atoms with van der Waals surface area (Å²) in [7, 11) is 0. The van der Waals surface area contributed by atoms with Crippen molar-refractivity contribution in [1.29, 1.82) is 0 Å². The molecule has 1 saturated carbocycles. The molecular formula is C14H28N2O. The fourth-order valence-corrected chi connectivity index (χ4v) is 3.37. The lowest BCUT2D eigenvalue weighted by Gasteiger charge is -2.43. The third-order valence-corrected chi connectivity index (χ3v) is 4.52. The summed E-state index contributed by atoms with van der Waals surface area (Å²) >= 11 is 0. The van der Waals surface area contributed by atoms with Crippen molar-refractivity contribution in [1.82, 2.24) is 10.2 Å². The molecule has 0 aromatic rings. The normalized spacial score (nSPS) is 26.5. The van der Waals surface area contributed by atoms with E-state index in [4.69, 9.17) is 0 Å². The van der Waals surface area contributed by atoms with Gasteiger partial charge in [-0.05, 0) is 51.7 Å².